The number of rotatable bonds is 6. The molecule has 4 nitrogen and oxygen atoms in total. The third-order valence-corrected chi connectivity index (χ3v) is 7.14. The molecule has 0 saturated carbocycles. The molecule has 0 radical (unpaired) electrons. The average Bonchev–Trinajstić information content (AvgIpc) is 3.29. The summed E-state index contributed by atoms with van der Waals surface area (Å²) in [5.74, 6) is 2.27. The Morgan fingerprint density at radius 3 is 2.53 bits per heavy atom. The zero-order valence-electron chi connectivity index (χ0n) is 19.0. The Kier molecular flexibility index (Phi) is 5.82. The van der Waals surface area contributed by atoms with Crippen molar-refractivity contribution in [3.8, 4) is 11.5 Å². The van der Waals surface area contributed by atoms with Gasteiger partial charge in [0, 0.05) is 24.1 Å². The van der Waals surface area contributed by atoms with Crippen LogP contribution in [0.1, 0.15) is 60.4 Å². The van der Waals surface area contributed by atoms with E-state index in [1.165, 1.54) is 22.3 Å². The average molecular weight is 410 g/mol. The second-order valence-corrected chi connectivity index (χ2v) is 9.45. The van der Waals surface area contributed by atoms with Crippen LogP contribution in [0.3, 0.4) is 0 Å². The Morgan fingerprint density at radius 2 is 1.83 bits per heavy atom. The molecule has 4 rings (SSSR count). The van der Waals surface area contributed by atoms with E-state index < -0.39 is 0 Å². The smallest absolute Gasteiger partial charge is 0.127 e. The monoisotopic (exact) mass is 409 g/mol. The number of hydrogen-bond donors (Lipinski definition) is 1. The fraction of sp³-hybridized carbons (Fsp3) is 0.538. The predicted octanol–water partition coefficient (Wildman–Crippen LogP) is 4.90. The number of aliphatic hydroxyl groups excluding tert-OH is 1. The van der Waals surface area contributed by atoms with E-state index in [1.807, 2.05) is 18.2 Å². The highest BCUT2D eigenvalue weighted by Crippen LogP contribution is 2.52. The molecule has 0 bridgehead atoms. The fourth-order valence-corrected chi connectivity index (χ4v) is 5.18. The molecule has 0 amide bonds. The summed E-state index contributed by atoms with van der Waals surface area (Å²) in [5, 5.41) is 9.80. The van der Waals surface area contributed by atoms with Crippen LogP contribution in [0, 0.1) is 20.8 Å². The Labute approximate surface area is 180 Å². The SMILES string of the molecule is Cc1c(C)c2c(c(C)c1OCc1ccccc1)C(CN1CCC[C@H]1CO)C(C)(C)O2. The van der Waals surface area contributed by atoms with E-state index in [9.17, 15) is 5.11 Å². The largest absolute Gasteiger partial charge is 0.488 e. The van der Waals surface area contributed by atoms with E-state index >= 15 is 0 Å². The summed E-state index contributed by atoms with van der Waals surface area (Å²) in [5.41, 5.74) is 5.70. The zero-order valence-corrected chi connectivity index (χ0v) is 19.0. The first-order valence-electron chi connectivity index (χ1n) is 11.2. The summed E-state index contributed by atoms with van der Waals surface area (Å²) in [7, 11) is 0. The first-order valence-corrected chi connectivity index (χ1v) is 11.2. The second-order valence-electron chi connectivity index (χ2n) is 9.45. The maximum Gasteiger partial charge on any atom is 0.127 e. The van der Waals surface area contributed by atoms with Crippen LogP contribution in [0.4, 0.5) is 0 Å². The van der Waals surface area contributed by atoms with Gasteiger partial charge in [-0.15, -0.1) is 0 Å². The van der Waals surface area contributed by atoms with Crippen molar-refractivity contribution < 1.29 is 14.6 Å². The van der Waals surface area contributed by atoms with Crippen LogP contribution in [0.15, 0.2) is 30.3 Å². The number of aliphatic hydroxyl groups is 1. The van der Waals surface area contributed by atoms with Crippen molar-refractivity contribution in [2.45, 2.75) is 71.6 Å². The van der Waals surface area contributed by atoms with Crippen molar-refractivity contribution in [3.63, 3.8) is 0 Å². The molecule has 2 heterocycles. The highest BCUT2D eigenvalue weighted by atomic mass is 16.5. The minimum Gasteiger partial charge on any atom is -0.488 e. The Balaban J connectivity index is 1.69. The van der Waals surface area contributed by atoms with Gasteiger partial charge in [-0.3, -0.25) is 4.90 Å². The van der Waals surface area contributed by atoms with Gasteiger partial charge in [0.15, 0.2) is 0 Å². The maximum atomic E-state index is 9.80. The molecule has 162 valence electrons. The topological polar surface area (TPSA) is 41.9 Å². The Bertz CT molecular complexity index is 906. The predicted molar refractivity (Wildman–Crippen MR) is 121 cm³/mol. The molecule has 2 aromatic rings. The molecule has 2 atom stereocenters. The van der Waals surface area contributed by atoms with Gasteiger partial charge in [-0.25, -0.2) is 0 Å². The third kappa shape index (κ3) is 3.72. The molecule has 1 fully saturated rings. The quantitative estimate of drug-likeness (QED) is 0.737. The van der Waals surface area contributed by atoms with Crippen molar-refractivity contribution in [2.75, 3.05) is 19.7 Å². The lowest BCUT2D eigenvalue weighted by Gasteiger charge is -2.32. The van der Waals surface area contributed by atoms with Crippen LogP contribution < -0.4 is 9.47 Å². The molecule has 0 aromatic heterocycles. The summed E-state index contributed by atoms with van der Waals surface area (Å²) < 4.78 is 12.9. The fourth-order valence-electron chi connectivity index (χ4n) is 5.18. The van der Waals surface area contributed by atoms with E-state index in [4.69, 9.17) is 9.47 Å². The molecule has 0 spiro atoms. The van der Waals surface area contributed by atoms with Gasteiger partial charge in [0.2, 0.25) is 0 Å². The van der Waals surface area contributed by atoms with Gasteiger partial charge >= 0.3 is 0 Å². The molecule has 1 N–H and O–H groups in total. The number of hydrogen-bond acceptors (Lipinski definition) is 4. The molecule has 1 unspecified atom stereocenters. The molecule has 30 heavy (non-hydrogen) atoms. The maximum absolute atomic E-state index is 9.80. The van der Waals surface area contributed by atoms with Crippen molar-refractivity contribution in [2.24, 2.45) is 0 Å². The van der Waals surface area contributed by atoms with Crippen molar-refractivity contribution in [1.29, 1.82) is 0 Å². The minimum atomic E-state index is -0.287. The van der Waals surface area contributed by atoms with Gasteiger partial charge in [-0.1, -0.05) is 30.3 Å². The normalized spacial score (nSPS) is 22.7. The van der Waals surface area contributed by atoms with Crippen LogP contribution in [-0.4, -0.2) is 41.3 Å². The third-order valence-electron chi connectivity index (χ3n) is 7.14. The number of fused-ring (bicyclic) bond motifs is 1. The van der Waals surface area contributed by atoms with E-state index in [1.54, 1.807) is 0 Å². The molecular weight excluding hydrogens is 374 g/mol. The van der Waals surface area contributed by atoms with Crippen LogP contribution in [0.2, 0.25) is 0 Å². The van der Waals surface area contributed by atoms with E-state index in [0.29, 0.717) is 6.61 Å². The van der Waals surface area contributed by atoms with Gasteiger partial charge in [-0.05, 0) is 76.3 Å². The highest BCUT2D eigenvalue weighted by molar-refractivity contribution is 5.62. The summed E-state index contributed by atoms with van der Waals surface area (Å²) in [6.45, 7) is 13.6. The standard InChI is InChI=1S/C26H35NO3/c1-17-18(2)25-23(19(3)24(17)29-16-20-10-7-6-8-11-20)22(26(4,5)30-25)14-27-13-9-12-21(27)15-28/h6-8,10-11,21-22,28H,9,12-16H2,1-5H3/t21-,22?/m0/s1. The molecule has 0 aliphatic carbocycles. The van der Waals surface area contributed by atoms with Crippen LogP contribution >= 0.6 is 0 Å². The van der Waals surface area contributed by atoms with Gasteiger partial charge in [0.05, 0.1) is 6.61 Å². The number of ether oxygens (including phenoxy) is 2. The van der Waals surface area contributed by atoms with Crippen molar-refractivity contribution in [1.82, 2.24) is 4.90 Å². The van der Waals surface area contributed by atoms with Crippen LogP contribution in [0.5, 0.6) is 11.5 Å². The van der Waals surface area contributed by atoms with Crippen molar-refractivity contribution in [3.05, 3.63) is 58.1 Å². The molecule has 2 aliphatic heterocycles. The summed E-state index contributed by atoms with van der Waals surface area (Å²) in [6, 6.07) is 10.6. The lowest BCUT2D eigenvalue weighted by atomic mass is 9.82. The van der Waals surface area contributed by atoms with Crippen molar-refractivity contribution >= 4 is 0 Å². The first kappa shape index (κ1) is 21.2. The number of nitrogens with zero attached hydrogens (tertiary/aromatic N) is 1. The number of benzene rings is 2. The van der Waals surface area contributed by atoms with Gasteiger partial charge < -0.3 is 14.6 Å². The van der Waals surface area contributed by atoms with E-state index in [0.717, 1.165) is 43.0 Å². The second kappa shape index (κ2) is 8.24. The summed E-state index contributed by atoms with van der Waals surface area (Å²) in [4.78, 5) is 2.45. The van der Waals surface area contributed by atoms with Gasteiger partial charge in [-0.2, -0.15) is 0 Å². The van der Waals surface area contributed by atoms with Gasteiger partial charge in [0.25, 0.3) is 0 Å². The molecule has 2 aromatic carbocycles. The molecule has 4 heteroatoms. The number of likely N-dealkylation sites (tertiary alicyclic amines) is 1. The van der Waals surface area contributed by atoms with Crippen LogP contribution in [-0.2, 0) is 6.61 Å². The summed E-state index contributed by atoms with van der Waals surface area (Å²) >= 11 is 0. The first-order chi connectivity index (χ1) is 14.3. The Morgan fingerprint density at radius 1 is 1.10 bits per heavy atom. The minimum absolute atomic E-state index is 0.234. The lowest BCUT2D eigenvalue weighted by Crippen LogP contribution is -2.42. The van der Waals surface area contributed by atoms with E-state index in [-0.39, 0.29) is 24.2 Å². The zero-order chi connectivity index (χ0) is 21.5. The molecule has 2 aliphatic rings. The Hall–Kier alpha value is -2.04. The molecule has 1 saturated heterocycles. The van der Waals surface area contributed by atoms with Gasteiger partial charge in [0.1, 0.15) is 23.7 Å². The van der Waals surface area contributed by atoms with Crippen LogP contribution in [0.25, 0.3) is 0 Å². The lowest BCUT2D eigenvalue weighted by molar-refractivity contribution is 0.0768. The molecular formula is C26H35NO3. The highest BCUT2D eigenvalue weighted by Gasteiger charge is 2.45. The van der Waals surface area contributed by atoms with E-state index in [2.05, 4.69) is 51.7 Å². The summed E-state index contributed by atoms with van der Waals surface area (Å²) in [6.07, 6.45) is 2.23.